The molecule has 2 rings (SSSR count). The second kappa shape index (κ2) is 6.16. The molecular weight excluding hydrogens is 244 g/mol. The van der Waals surface area contributed by atoms with Gasteiger partial charge in [-0.05, 0) is 37.3 Å². The lowest BCUT2D eigenvalue weighted by Gasteiger charge is -2.24. The van der Waals surface area contributed by atoms with Crippen LogP contribution in [0.25, 0.3) is 0 Å². The van der Waals surface area contributed by atoms with Crippen LogP contribution < -0.4 is 11.1 Å². The number of anilines is 1. The molecule has 3 nitrogen and oxygen atoms in total. The fourth-order valence-electron chi connectivity index (χ4n) is 2.30. The van der Waals surface area contributed by atoms with Crippen LogP contribution in [0.1, 0.15) is 24.0 Å². The molecule has 0 aromatic heterocycles. The predicted molar refractivity (Wildman–Crippen MR) is 79.1 cm³/mol. The van der Waals surface area contributed by atoms with Gasteiger partial charge in [-0.25, -0.2) is 0 Å². The molecule has 1 aliphatic heterocycles. The second-order valence-electron chi connectivity index (χ2n) is 4.80. The minimum Gasteiger partial charge on any atom is -0.389 e. The van der Waals surface area contributed by atoms with Crippen molar-refractivity contribution in [1.82, 2.24) is 0 Å². The van der Waals surface area contributed by atoms with Crippen molar-refractivity contribution < 1.29 is 4.74 Å². The normalized spacial score (nSPS) is 16.5. The lowest BCUT2D eigenvalue weighted by molar-refractivity contribution is 0.0699. The molecule has 1 fully saturated rings. The molecule has 1 aliphatic rings. The molecule has 0 unspecified atom stereocenters. The molecule has 0 spiro atoms. The van der Waals surface area contributed by atoms with Crippen LogP contribution in [0.15, 0.2) is 18.2 Å². The molecule has 18 heavy (non-hydrogen) atoms. The summed E-state index contributed by atoms with van der Waals surface area (Å²) in [5.74, 6) is 0.678. The number of para-hydroxylation sites is 1. The van der Waals surface area contributed by atoms with E-state index in [9.17, 15) is 0 Å². The zero-order valence-electron chi connectivity index (χ0n) is 10.7. The van der Waals surface area contributed by atoms with E-state index in [0.717, 1.165) is 43.9 Å². The highest BCUT2D eigenvalue weighted by Gasteiger charge is 2.15. The van der Waals surface area contributed by atoms with Gasteiger partial charge in [0, 0.05) is 31.0 Å². The van der Waals surface area contributed by atoms with E-state index in [2.05, 4.69) is 18.3 Å². The van der Waals surface area contributed by atoms with E-state index in [1.165, 1.54) is 5.56 Å². The number of aryl methyl sites for hydroxylation is 1. The highest BCUT2D eigenvalue weighted by atomic mass is 32.1. The van der Waals surface area contributed by atoms with Crippen molar-refractivity contribution in [3.63, 3.8) is 0 Å². The molecule has 0 bridgehead atoms. The second-order valence-corrected chi connectivity index (χ2v) is 5.24. The molecule has 0 amide bonds. The summed E-state index contributed by atoms with van der Waals surface area (Å²) in [5, 5.41) is 3.51. The summed E-state index contributed by atoms with van der Waals surface area (Å²) in [6, 6.07) is 6.04. The van der Waals surface area contributed by atoms with Crippen molar-refractivity contribution in [2.75, 3.05) is 25.1 Å². The third kappa shape index (κ3) is 3.21. The Hall–Kier alpha value is -1.13. The minimum atomic E-state index is 0.452. The Labute approximate surface area is 114 Å². The molecule has 1 aromatic carbocycles. The number of nitrogens with one attached hydrogen (secondary N) is 1. The maximum atomic E-state index is 5.76. The minimum absolute atomic E-state index is 0.452. The van der Waals surface area contributed by atoms with Crippen LogP contribution >= 0.6 is 12.2 Å². The summed E-state index contributed by atoms with van der Waals surface area (Å²) in [5.41, 5.74) is 8.97. The van der Waals surface area contributed by atoms with Gasteiger partial charge in [-0.2, -0.15) is 0 Å². The zero-order valence-corrected chi connectivity index (χ0v) is 11.6. The number of hydrogen-bond donors (Lipinski definition) is 2. The van der Waals surface area contributed by atoms with Crippen molar-refractivity contribution in [3.05, 3.63) is 29.3 Å². The number of nitrogens with two attached hydrogens (primary N) is 1. The molecule has 0 atom stereocenters. The van der Waals surface area contributed by atoms with Crippen molar-refractivity contribution in [2.45, 2.75) is 19.8 Å². The van der Waals surface area contributed by atoms with Crippen molar-refractivity contribution in [1.29, 1.82) is 0 Å². The molecule has 98 valence electrons. The van der Waals surface area contributed by atoms with Crippen molar-refractivity contribution >= 4 is 22.9 Å². The smallest absolute Gasteiger partial charge is 0.106 e. The molecule has 1 aromatic rings. The van der Waals surface area contributed by atoms with Crippen LogP contribution in [0.3, 0.4) is 0 Å². The van der Waals surface area contributed by atoms with Gasteiger partial charge < -0.3 is 15.8 Å². The molecule has 0 aliphatic carbocycles. The summed E-state index contributed by atoms with van der Waals surface area (Å²) in [6.45, 7) is 4.79. The van der Waals surface area contributed by atoms with Gasteiger partial charge in [-0.3, -0.25) is 0 Å². The van der Waals surface area contributed by atoms with Gasteiger partial charge in [0.1, 0.15) is 4.99 Å². The van der Waals surface area contributed by atoms with E-state index < -0.39 is 0 Å². The standard InChI is InChI=1S/C14H20N2OS/c1-10-3-2-4-12(14(15)18)13(10)16-9-11-5-7-17-8-6-11/h2-4,11,16H,5-9H2,1H3,(H2,15,18). The summed E-state index contributed by atoms with van der Waals surface area (Å²) in [4.78, 5) is 0.452. The molecular formula is C14H20N2OS. The van der Waals surface area contributed by atoms with E-state index in [4.69, 9.17) is 22.7 Å². The fourth-order valence-corrected chi connectivity index (χ4v) is 2.47. The van der Waals surface area contributed by atoms with E-state index in [1.54, 1.807) is 0 Å². The number of benzene rings is 1. The van der Waals surface area contributed by atoms with Crippen molar-refractivity contribution in [2.24, 2.45) is 11.7 Å². The Bertz CT molecular complexity index is 428. The largest absolute Gasteiger partial charge is 0.389 e. The van der Waals surface area contributed by atoms with Gasteiger partial charge in [0.05, 0.1) is 0 Å². The van der Waals surface area contributed by atoms with Gasteiger partial charge >= 0.3 is 0 Å². The maximum Gasteiger partial charge on any atom is 0.106 e. The topological polar surface area (TPSA) is 47.3 Å². The van der Waals surface area contributed by atoms with E-state index in [0.29, 0.717) is 10.9 Å². The molecule has 1 saturated heterocycles. The predicted octanol–water partition coefficient (Wildman–Crippen LogP) is 2.47. The molecule has 1 heterocycles. The quantitative estimate of drug-likeness (QED) is 0.820. The lowest BCUT2D eigenvalue weighted by Crippen LogP contribution is -2.24. The van der Waals surface area contributed by atoms with Crippen LogP contribution in [0.4, 0.5) is 5.69 Å². The average Bonchev–Trinajstić information content (AvgIpc) is 2.38. The Morgan fingerprint density at radius 3 is 2.83 bits per heavy atom. The monoisotopic (exact) mass is 264 g/mol. The van der Waals surface area contributed by atoms with Gasteiger partial charge in [0.2, 0.25) is 0 Å². The third-order valence-electron chi connectivity index (χ3n) is 3.45. The summed E-state index contributed by atoms with van der Waals surface area (Å²) in [6.07, 6.45) is 2.25. The van der Waals surface area contributed by atoms with E-state index >= 15 is 0 Å². The highest BCUT2D eigenvalue weighted by Crippen LogP contribution is 2.22. The van der Waals surface area contributed by atoms with Crippen LogP contribution in [0.5, 0.6) is 0 Å². The lowest BCUT2D eigenvalue weighted by atomic mass is 9.99. The Balaban J connectivity index is 2.05. The van der Waals surface area contributed by atoms with Crippen LogP contribution in [-0.4, -0.2) is 24.7 Å². The SMILES string of the molecule is Cc1cccc(C(N)=S)c1NCC1CCOCC1. The molecule has 0 radical (unpaired) electrons. The Kier molecular flexibility index (Phi) is 4.55. The first-order valence-corrected chi connectivity index (χ1v) is 6.80. The number of rotatable bonds is 4. The van der Waals surface area contributed by atoms with E-state index in [1.807, 2.05) is 12.1 Å². The zero-order chi connectivity index (χ0) is 13.0. The Morgan fingerprint density at radius 2 is 2.17 bits per heavy atom. The van der Waals surface area contributed by atoms with Crippen LogP contribution in [0.2, 0.25) is 0 Å². The highest BCUT2D eigenvalue weighted by molar-refractivity contribution is 7.80. The average molecular weight is 264 g/mol. The maximum absolute atomic E-state index is 5.76. The van der Waals surface area contributed by atoms with Gasteiger partial charge in [-0.15, -0.1) is 0 Å². The first kappa shape index (κ1) is 13.3. The van der Waals surface area contributed by atoms with Gasteiger partial charge in [-0.1, -0.05) is 24.4 Å². The Morgan fingerprint density at radius 1 is 1.44 bits per heavy atom. The molecule has 4 heteroatoms. The molecule has 3 N–H and O–H groups in total. The summed E-state index contributed by atoms with van der Waals surface area (Å²) < 4.78 is 5.37. The van der Waals surface area contributed by atoms with Gasteiger partial charge in [0.15, 0.2) is 0 Å². The van der Waals surface area contributed by atoms with E-state index in [-0.39, 0.29) is 0 Å². The summed E-state index contributed by atoms with van der Waals surface area (Å²) in [7, 11) is 0. The van der Waals surface area contributed by atoms with Crippen LogP contribution in [0, 0.1) is 12.8 Å². The first-order valence-electron chi connectivity index (χ1n) is 6.39. The number of hydrogen-bond acceptors (Lipinski definition) is 3. The first-order chi connectivity index (χ1) is 8.68. The van der Waals surface area contributed by atoms with Crippen LogP contribution in [-0.2, 0) is 4.74 Å². The summed E-state index contributed by atoms with van der Waals surface area (Å²) >= 11 is 5.10. The third-order valence-corrected chi connectivity index (χ3v) is 3.67. The van der Waals surface area contributed by atoms with Gasteiger partial charge in [0.25, 0.3) is 0 Å². The number of ether oxygens (including phenoxy) is 1. The van der Waals surface area contributed by atoms with Crippen molar-refractivity contribution in [3.8, 4) is 0 Å². The molecule has 0 saturated carbocycles. The fraction of sp³-hybridized carbons (Fsp3) is 0.500. The number of thiocarbonyl (C=S) groups is 1.